The number of hydrogen-bond acceptors (Lipinski definition) is 5. The number of carbonyl (C=O) groups is 1. The molecule has 0 saturated heterocycles. The van der Waals surface area contributed by atoms with Crippen molar-refractivity contribution in [3.63, 3.8) is 0 Å². The number of H-pyrrole nitrogens is 1. The molecule has 0 aliphatic carbocycles. The van der Waals surface area contributed by atoms with Crippen LogP contribution < -0.4 is 10.9 Å². The van der Waals surface area contributed by atoms with Crippen molar-refractivity contribution in [1.82, 2.24) is 20.1 Å². The Morgan fingerprint density at radius 1 is 1.24 bits per heavy atom. The minimum absolute atomic E-state index is 0.00199. The van der Waals surface area contributed by atoms with E-state index < -0.39 is 0 Å². The number of hydrogen-bond donors (Lipinski definition) is 2. The molecule has 0 atom stereocenters. The van der Waals surface area contributed by atoms with Crippen LogP contribution in [0.4, 0.5) is 0 Å². The summed E-state index contributed by atoms with van der Waals surface area (Å²) in [6.45, 7) is 3.77. The molecule has 1 aliphatic heterocycles. The minimum atomic E-state index is -0.233. The highest BCUT2D eigenvalue weighted by Gasteiger charge is 2.16. The second-order valence-corrected chi connectivity index (χ2v) is 7.46. The summed E-state index contributed by atoms with van der Waals surface area (Å²) >= 11 is 0. The van der Waals surface area contributed by atoms with Gasteiger partial charge in [0.15, 0.2) is 0 Å². The van der Waals surface area contributed by atoms with E-state index >= 15 is 0 Å². The van der Waals surface area contributed by atoms with Gasteiger partial charge in [0, 0.05) is 42.1 Å². The van der Waals surface area contributed by atoms with Crippen LogP contribution in [0.1, 0.15) is 31.4 Å². The number of pyridine rings is 1. The highest BCUT2D eigenvalue weighted by atomic mass is 16.2. The molecular formula is C21H22N6O2. The molecule has 148 valence electrons. The summed E-state index contributed by atoms with van der Waals surface area (Å²) in [6, 6.07) is 9.49. The van der Waals surface area contributed by atoms with E-state index in [1.165, 1.54) is 10.6 Å². The first-order valence-electron chi connectivity index (χ1n) is 9.52. The maximum atomic E-state index is 12.4. The van der Waals surface area contributed by atoms with Crippen LogP contribution >= 0.6 is 0 Å². The fourth-order valence-electron chi connectivity index (χ4n) is 3.33. The molecule has 29 heavy (non-hydrogen) atoms. The number of aromatic nitrogens is 3. The van der Waals surface area contributed by atoms with E-state index in [-0.39, 0.29) is 24.1 Å². The lowest BCUT2D eigenvalue weighted by molar-refractivity contribution is -0.122. The maximum absolute atomic E-state index is 12.4. The molecule has 3 heterocycles. The second-order valence-electron chi connectivity index (χ2n) is 7.46. The number of amides is 1. The Balaban J connectivity index is 1.40. The Morgan fingerprint density at radius 3 is 2.90 bits per heavy atom. The van der Waals surface area contributed by atoms with Crippen molar-refractivity contribution < 1.29 is 4.79 Å². The van der Waals surface area contributed by atoms with Gasteiger partial charge in [0.25, 0.3) is 5.56 Å². The van der Waals surface area contributed by atoms with Crippen molar-refractivity contribution in [1.29, 1.82) is 0 Å². The summed E-state index contributed by atoms with van der Waals surface area (Å²) in [5.41, 5.74) is 4.36. The van der Waals surface area contributed by atoms with Gasteiger partial charge in [-0.25, -0.2) is 0 Å². The van der Waals surface area contributed by atoms with E-state index in [2.05, 4.69) is 31.8 Å². The zero-order valence-corrected chi connectivity index (χ0v) is 16.3. The lowest BCUT2D eigenvalue weighted by Crippen LogP contribution is -2.35. The quantitative estimate of drug-likeness (QED) is 0.673. The third-order valence-corrected chi connectivity index (χ3v) is 4.69. The Labute approximate surface area is 167 Å². The van der Waals surface area contributed by atoms with E-state index in [0.717, 1.165) is 33.5 Å². The van der Waals surface area contributed by atoms with Crippen LogP contribution in [0.3, 0.4) is 0 Å². The summed E-state index contributed by atoms with van der Waals surface area (Å²) in [5, 5.41) is 19.4. The molecule has 1 aromatic carbocycles. The number of aromatic amines is 1. The van der Waals surface area contributed by atoms with E-state index in [1.807, 2.05) is 26.0 Å². The number of fused-ring (bicyclic) bond motifs is 1. The fraction of sp³-hybridized carbons (Fsp3) is 0.286. The van der Waals surface area contributed by atoms with Gasteiger partial charge in [-0.2, -0.15) is 15.3 Å². The van der Waals surface area contributed by atoms with Crippen molar-refractivity contribution in [2.45, 2.75) is 39.3 Å². The Kier molecular flexibility index (Phi) is 5.07. The van der Waals surface area contributed by atoms with E-state index in [1.54, 1.807) is 18.5 Å². The average molecular weight is 390 g/mol. The van der Waals surface area contributed by atoms with Crippen LogP contribution in [-0.2, 0) is 17.8 Å². The Hall–Kier alpha value is -3.55. The summed E-state index contributed by atoms with van der Waals surface area (Å²) < 4.78 is 1.39. The predicted molar refractivity (Wildman–Crippen MR) is 112 cm³/mol. The summed E-state index contributed by atoms with van der Waals surface area (Å²) in [5.74, 6) is -0.187. The van der Waals surface area contributed by atoms with Crippen LogP contribution in [0, 0.1) is 0 Å². The van der Waals surface area contributed by atoms with E-state index in [0.29, 0.717) is 12.8 Å². The van der Waals surface area contributed by atoms with E-state index in [4.69, 9.17) is 0 Å². The van der Waals surface area contributed by atoms with Crippen LogP contribution in [0.25, 0.3) is 10.9 Å². The van der Waals surface area contributed by atoms with Crippen LogP contribution in [0.5, 0.6) is 0 Å². The molecule has 8 heteroatoms. The molecule has 0 bridgehead atoms. The second kappa shape index (κ2) is 7.83. The molecule has 2 N–H and O–H groups in total. The molecule has 0 fully saturated rings. The third kappa shape index (κ3) is 4.31. The number of benzene rings is 1. The van der Waals surface area contributed by atoms with Gasteiger partial charge in [-0.15, -0.1) is 0 Å². The van der Waals surface area contributed by atoms with Gasteiger partial charge in [-0.1, -0.05) is 6.07 Å². The molecule has 3 aromatic rings. The van der Waals surface area contributed by atoms with Crippen LogP contribution in [0.2, 0.25) is 0 Å². The molecule has 0 unspecified atom stereocenters. The molecule has 1 amide bonds. The van der Waals surface area contributed by atoms with Gasteiger partial charge in [-0.05, 0) is 37.6 Å². The highest BCUT2D eigenvalue weighted by Crippen LogP contribution is 2.17. The van der Waals surface area contributed by atoms with Crippen molar-refractivity contribution in [2.24, 2.45) is 10.2 Å². The van der Waals surface area contributed by atoms with Crippen molar-refractivity contribution in [3.05, 3.63) is 64.2 Å². The predicted octanol–water partition coefficient (Wildman–Crippen LogP) is 2.04. The molecule has 8 nitrogen and oxygen atoms in total. The normalized spacial score (nSPS) is 13.6. The first-order valence-corrected chi connectivity index (χ1v) is 9.52. The van der Waals surface area contributed by atoms with Gasteiger partial charge in [0.2, 0.25) is 5.91 Å². The zero-order valence-electron chi connectivity index (χ0n) is 16.3. The molecular weight excluding hydrogens is 368 g/mol. The average Bonchev–Trinajstić information content (AvgIpc) is 3.32. The maximum Gasteiger partial charge on any atom is 0.251 e. The fourth-order valence-corrected chi connectivity index (χ4v) is 3.33. The SMILES string of the molecule is CC(C)NC(=O)Cn1ccc(C2=NN=C(Cc3ccc4[nH]ncc4c3)C2)cc1=O. The largest absolute Gasteiger partial charge is 0.352 e. The van der Waals surface area contributed by atoms with Gasteiger partial charge >= 0.3 is 0 Å². The zero-order chi connectivity index (χ0) is 20.4. The summed E-state index contributed by atoms with van der Waals surface area (Å²) in [7, 11) is 0. The minimum Gasteiger partial charge on any atom is -0.352 e. The molecule has 1 aliphatic rings. The standard InChI is InChI=1S/C21H22N6O2/c1-13(2)23-20(28)12-27-6-5-15(9-21(27)29)19-10-17(24-26-19)8-14-3-4-18-16(7-14)11-22-25-18/h3-7,9,11,13H,8,10,12H2,1-2H3,(H,22,25)(H,23,28). The number of nitrogens with one attached hydrogen (secondary N) is 2. The first kappa shape index (κ1) is 18.8. The highest BCUT2D eigenvalue weighted by molar-refractivity contribution is 6.15. The van der Waals surface area contributed by atoms with Crippen molar-refractivity contribution in [3.8, 4) is 0 Å². The van der Waals surface area contributed by atoms with Gasteiger partial charge in [-0.3, -0.25) is 14.7 Å². The lowest BCUT2D eigenvalue weighted by atomic mass is 10.0. The Morgan fingerprint density at radius 2 is 2.10 bits per heavy atom. The summed E-state index contributed by atoms with van der Waals surface area (Å²) in [4.78, 5) is 24.2. The third-order valence-electron chi connectivity index (χ3n) is 4.69. The van der Waals surface area contributed by atoms with Gasteiger partial charge < -0.3 is 9.88 Å². The smallest absolute Gasteiger partial charge is 0.251 e. The summed E-state index contributed by atoms with van der Waals surface area (Å²) in [6.07, 6.45) is 4.72. The number of carbonyl (C=O) groups excluding carboxylic acids is 1. The van der Waals surface area contributed by atoms with Gasteiger partial charge in [0.05, 0.1) is 23.1 Å². The molecule has 2 aromatic heterocycles. The molecule has 0 spiro atoms. The lowest BCUT2D eigenvalue weighted by Gasteiger charge is -2.10. The topological polar surface area (TPSA) is 104 Å². The van der Waals surface area contributed by atoms with Crippen molar-refractivity contribution >= 4 is 28.2 Å². The number of rotatable bonds is 6. The van der Waals surface area contributed by atoms with Gasteiger partial charge in [0.1, 0.15) is 6.54 Å². The molecule has 0 saturated carbocycles. The van der Waals surface area contributed by atoms with Crippen molar-refractivity contribution in [2.75, 3.05) is 0 Å². The van der Waals surface area contributed by atoms with Crippen LogP contribution in [0.15, 0.2) is 57.7 Å². The number of nitrogens with zero attached hydrogens (tertiary/aromatic N) is 4. The van der Waals surface area contributed by atoms with Crippen LogP contribution in [-0.4, -0.2) is 38.1 Å². The monoisotopic (exact) mass is 390 g/mol. The van der Waals surface area contributed by atoms with E-state index in [9.17, 15) is 9.59 Å². The molecule has 0 radical (unpaired) electrons. The molecule has 4 rings (SSSR count). The first-order chi connectivity index (χ1) is 14.0. The Bertz CT molecular complexity index is 1190.